The summed E-state index contributed by atoms with van der Waals surface area (Å²) in [6.45, 7) is 0. The van der Waals surface area contributed by atoms with Gasteiger partial charge in [0, 0.05) is 129 Å². The minimum Gasteiger partial charge on any atom is -0.266 e. The van der Waals surface area contributed by atoms with Gasteiger partial charge >= 0.3 is 0 Å². The van der Waals surface area contributed by atoms with E-state index in [1.54, 1.807) is 17.1 Å². The summed E-state index contributed by atoms with van der Waals surface area (Å²) < 4.78 is 7.31. The molecule has 0 atom stereocenters. The van der Waals surface area contributed by atoms with Crippen molar-refractivity contribution in [3.05, 3.63) is 316 Å². The maximum Gasteiger partial charge on any atom is 0.0571 e. The van der Waals surface area contributed by atoms with E-state index in [0.717, 1.165) is 39.4 Å². The Morgan fingerprint density at radius 1 is 0.256 bits per heavy atom. The molecule has 0 N–H and O–H groups in total. The molecule has 12 heteroatoms. The van der Waals surface area contributed by atoms with Crippen LogP contribution in [0.25, 0.3) is 78.4 Å². The Hall–Kier alpha value is -7.58. The number of benzene rings is 9. The third-order valence-electron chi connectivity index (χ3n) is 11.8. The van der Waals surface area contributed by atoms with Gasteiger partial charge in [0.25, 0.3) is 0 Å². The summed E-state index contributed by atoms with van der Waals surface area (Å²) in [5.74, 6) is 0. The van der Waals surface area contributed by atoms with Crippen molar-refractivity contribution >= 4 is 0 Å². The van der Waals surface area contributed by atoms with E-state index in [4.69, 9.17) is 0 Å². The number of rotatable bonds is 9. The van der Waals surface area contributed by atoms with Crippen LogP contribution in [0.4, 0.5) is 0 Å². The monoisotopic (exact) mass is 1720 g/mol. The van der Waals surface area contributed by atoms with E-state index in [0.29, 0.717) is 0 Å². The molecule has 0 spiro atoms. The second-order valence-corrected chi connectivity index (χ2v) is 16.7. The van der Waals surface area contributed by atoms with Crippen LogP contribution >= 0.6 is 0 Å². The molecule has 0 aliphatic heterocycles. The Balaban J connectivity index is 0.000000167. The molecule has 8 nitrogen and oxygen atoms in total. The molecule has 13 rings (SSSR count). The van der Waals surface area contributed by atoms with Crippen LogP contribution in [0.15, 0.2) is 292 Å². The van der Waals surface area contributed by atoms with Crippen molar-refractivity contribution in [3.8, 4) is 78.4 Å². The number of hydrogen-bond donors (Lipinski definition) is 0. The summed E-state index contributed by atoms with van der Waals surface area (Å²) in [7, 11) is 0. The number of aromatic nitrogens is 8. The van der Waals surface area contributed by atoms with Crippen LogP contribution in [-0.2, 0) is 80.4 Å². The largest absolute Gasteiger partial charge is 0.266 e. The van der Waals surface area contributed by atoms with Gasteiger partial charge in [-0.15, -0.1) is 41.0 Å². The average Bonchev–Trinajstić information content (AvgIpc) is 4.38. The fourth-order valence-corrected chi connectivity index (χ4v) is 7.95. The van der Waals surface area contributed by atoms with Crippen LogP contribution in [0.2, 0.25) is 0 Å². The van der Waals surface area contributed by atoms with Crippen LogP contribution in [0.5, 0.6) is 0 Å². The second-order valence-electron chi connectivity index (χ2n) is 16.7. The molecular weight excluding hydrogens is 1670 g/mol. The van der Waals surface area contributed by atoms with Gasteiger partial charge in [0.1, 0.15) is 0 Å². The predicted octanol–water partition coefficient (Wildman–Crippen LogP) is 15.0. The molecule has 13 aromatic rings. The van der Waals surface area contributed by atoms with Gasteiger partial charge in [-0.3, -0.25) is 18.7 Å². The maximum absolute atomic E-state index is 4.45. The van der Waals surface area contributed by atoms with Gasteiger partial charge in [0.2, 0.25) is 0 Å². The minimum atomic E-state index is 0. The van der Waals surface area contributed by atoms with Crippen LogP contribution in [0, 0.1) is 24.3 Å². The molecule has 392 valence electrons. The van der Waals surface area contributed by atoms with Gasteiger partial charge in [-0.05, 0) is 51.6 Å². The minimum absolute atomic E-state index is 0. The topological polar surface area (TPSA) is 71.3 Å². The zero-order valence-electron chi connectivity index (χ0n) is 41.6. The zero-order valence-corrected chi connectivity index (χ0v) is 51.2. The fraction of sp³-hybridized carbons (Fsp3) is 0. The van der Waals surface area contributed by atoms with Crippen molar-refractivity contribution in [3.63, 3.8) is 0 Å². The molecule has 9 aromatic carbocycles. The van der Waals surface area contributed by atoms with E-state index in [2.05, 4.69) is 130 Å². The normalized spacial score (nSPS) is 9.90. The zero-order chi connectivity index (χ0) is 50.0. The van der Waals surface area contributed by atoms with Gasteiger partial charge in [-0.1, -0.05) is 163 Å². The van der Waals surface area contributed by atoms with Crippen molar-refractivity contribution < 1.29 is 80.4 Å². The van der Waals surface area contributed by atoms with Crippen LogP contribution < -0.4 is 0 Å². The van der Waals surface area contributed by atoms with Crippen molar-refractivity contribution in [2.45, 2.75) is 0 Å². The summed E-state index contributed by atoms with van der Waals surface area (Å²) in [6.07, 6.45) is 15.2. The van der Waals surface area contributed by atoms with Crippen LogP contribution in [0.3, 0.4) is 0 Å². The fourth-order valence-electron chi connectivity index (χ4n) is 7.95. The number of para-hydroxylation sites is 1. The molecule has 0 unspecified atom stereocenters. The number of nitrogens with zero attached hydrogens (tertiary/aromatic N) is 8. The third kappa shape index (κ3) is 16.2. The molecule has 0 bridgehead atoms. The summed E-state index contributed by atoms with van der Waals surface area (Å²) in [5.41, 5.74) is 15.5. The van der Waals surface area contributed by atoms with Crippen molar-refractivity contribution in [2.75, 3.05) is 0 Å². The van der Waals surface area contributed by atoms with E-state index in [-0.39, 0.29) is 80.4 Å². The third-order valence-corrected chi connectivity index (χ3v) is 11.8. The molecule has 0 saturated heterocycles. The average molecular weight is 1720 g/mol. The van der Waals surface area contributed by atoms with Crippen LogP contribution in [0.1, 0.15) is 0 Å². The predicted molar refractivity (Wildman–Crippen MR) is 297 cm³/mol. The Morgan fingerprint density at radius 2 is 0.628 bits per heavy atom. The molecule has 4 heterocycles. The van der Waals surface area contributed by atoms with Gasteiger partial charge in [0.15, 0.2) is 0 Å². The van der Waals surface area contributed by atoms with E-state index in [9.17, 15) is 0 Å². The first-order valence-electron chi connectivity index (χ1n) is 24.1. The SMILES string of the molecule is [Ir].[Ir].[Ir].[Ir].[c-]1cc(-c2ccccc2)ccc1-n1cc(-c2ccccc2)cn1.[c-]1cc(-c2ccccc2)ccc1-n1cccn1.[c-]1ccc(-c2ccccc2)cc1-n1cccn1.[c-]1ccccc1-n1cc(-c2ccccc2)cn1. The van der Waals surface area contributed by atoms with Gasteiger partial charge in [-0.2, -0.15) is 99.3 Å². The Morgan fingerprint density at radius 3 is 1.01 bits per heavy atom. The molecular formula is C66H48Ir4N8-4. The summed E-state index contributed by atoms with van der Waals surface area (Å²) in [5, 5.41) is 17.2. The molecule has 0 aliphatic rings. The molecule has 78 heavy (non-hydrogen) atoms. The summed E-state index contributed by atoms with van der Waals surface area (Å²) in [4.78, 5) is 0. The summed E-state index contributed by atoms with van der Waals surface area (Å²) >= 11 is 0. The molecule has 0 aliphatic carbocycles. The first kappa shape index (κ1) is 59.7. The van der Waals surface area contributed by atoms with E-state index in [1.807, 2.05) is 209 Å². The number of hydrogen-bond acceptors (Lipinski definition) is 4. The Bertz CT molecular complexity index is 3620. The first-order valence-corrected chi connectivity index (χ1v) is 24.1. The molecule has 0 fully saturated rings. The molecule has 4 aromatic heterocycles. The Labute approximate surface area is 509 Å². The van der Waals surface area contributed by atoms with Gasteiger partial charge < -0.3 is 0 Å². The first-order chi connectivity index (χ1) is 36.7. The Kier molecular flexibility index (Phi) is 23.7. The quantitative estimate of drug-likeness (QED) is 0.135. The van der Waals surface area contributed by atoms with Crippen molar-refractivity contribution in [1.82, 2.24) is 39.1 Å². The molecule has 0 amide bonds. The van der Waals surface area contributed by atoms with Gasteiger partial charge in [0.05, 0.1) is 12.4 Å². The smallest absolute Gasteiger partial charge is 0.0571 e. The van der Waals surface area contributed by atoms with Gasteiger partial charge in [-0.25, -0.2) is 0 Å². The summed E-state index contributed by atoms with van der Waals surface area (Å²) in [6, 6.07) is 94.2. The maximum atomic E-state index is 4.45. The van der Waals surface area contributed by atoms with Crippen LogP contribution in [-0.4, -0.2) is 39.1 Å². The van der Waals surface area contributed by atoms with Crippen molar-refractivity contribution in [1.29, 1.82) is 0 Å². The van der Waals surface area contributed by atoms with E-state index >= 15 is 0 Å². The molecule has 0 saturated carbocycles. The molecule has 4 radical (unpaired) electrons. The standard InChI is InChI=1S/C21H15N2.3C15H11N2.4Ir/c1-3-7-17(8-4-1)19-11-13-21(14-12-19)23-16-20(15-22-23)18-9-5-2-6-10-18;1-3-7-13(8-4-1)14-11-16-17(12-14)15-9-5-2-6-10-15;1-2-6-13(7-3-1)14-8-4-9-15(12-14)17-11-5-10-16-17;1-2-5-13(6-3-1)14-7-9-15(10-8-14)17-12-4-11-16-17;;;;/h1-13,15-16H;1-9,11-12H;1-8,10-12H;1-9,11-12H;;;;/q4*-1;;;;. The second kappa shape index (κ2) is 31.0. The van der Waals surface area contributed by atoms with E-state index < -0.39 is 0 Å². The van der Waals surface area contributed by atoms with E-state index in [1.165, 1.54) is 38.9 Å². The van der Waals surface area contributed by atoms with Crippen molar-refractivity contribution in [2.24, 2.45) is 0 Å².